The van der Waals surface area contributed by atoms with Crippen molar-refractivity contribution < 1.29 is 14.3 Å². The van der Waals surface area contributed by atoms with Gasteiger partial charge in [-0.25, -0.2) is 14.8 Å². The summed E-state index contributed by atoms with van der Waals surface area (Å²) in [6.07, 6.45) is 6.76. The highest BCUT2D eigenvalue weighted by Gasteiger charge is 2.25. The van der Waals surface area contributed by atoms with Crippen molar-refractivity contribution in [1.82, 2.24) is 29.7 Å². The van der Waals surface area contributed by atoms with Gasteiger partial charge in [0.2, 0.25) is 5.95 Å². The van der Waals surface area contributed by atoms with E-state index in [-0.39, 0.29) is 17.3 Å². The van der Waals surface area contributed by atoms with Gasteiger partial charge in [0, 0.05) is 61.7 Å². The molecule has 5 rings (SSSR count). The number of hydrogen-bond acceptors (Lipinski definition) is 10. The molecule has 0 radical (unpaired) electrons. The van der Waals surface area contributed by atoms with Gasteiger partial charge in [-0.1, -0.05) is 11.6 Å². The van der Waals surface area contributed by atoms with E-state index in [1.165, 1.54) is 0 Å². The van der Waals surface area contributed by atoms with Gasteiger partial charge in [-0.2, -0.15) is 10.1 Å². The van der Waals surface area contributed by atoms with Gasteiger partial charge < -0.3 is 19.7 Å². The highest BCUT2D eigenvalue weighted by molar-refractivity contribution is 6.35. The molecule has 0 bridgehead atoms. The topological polar surface area (TPSA) is 120 Å². The maximum absolute atomic E-state index is 12.9. The molecular weight excluding hydrogens is 496 g/mol. The molecule has 0 atom stereocenters. The lowest BCUT2D eigenvalue weighted by molar-refractivity contribution is 0.0520. The second kappa shape index (κ2) is 10.9. The molecule has 11 nitrogen and oxygen atoms in total. The lowest BCUT2D eigenvalue weighted by Gasteiger charge is -2.28. The Morgan fingerprint density at radius 3 is 2.68 bits per heavy atom. The van der Waals surface area contributed by atoms with E-state index >= 15 is 0 Å². The van der Waals surface area contributed by atoms with Gasteiger partial charge in [0.05, 0.1) is 31.2 Å². The zero-order chi connectivity index (χ0) is 25.8. The number of aromatic nitrogens is 6. The van der Waals surface area contributed by atoms with Crippen LogP contribution in [0.1, 0.15) is 17.4 Å². The fraction of sp³-hybridized carbons (Fsp3) is 0.280. The first kappa shape index (κ1) is 24.6. The van der Waals surface area contributed by atoms with Crippen LogP contribution in [0, 0.1) is 0 Å². The van der Waals surface area contributed by atoms with Crippen molar-refractivity contribution in [2.75, 3.05) is 43.1 Å². The maximum Gasteiger partial charge on any atom is 0.357 e. The van der Waals surface area contributed by atoms with Crippen LogP contribution in [0.5, 0.6) is 0 Å². The van der Waals surface area contributed by atoms with E-state index in [9.17, 15) is 4.79 Å². The molecule has 4 aromatic rings. The number of nitrogens with one attached hydrogen (secondary N) is 1. The first-order chi connectivity index (χ1) is 18.0. The van der Waals surface area contributed by atoms with Crippen LogP contribution >= 0.6 is 11.6 Å². The Bertz CT molecular complexity index is 1410. The molecule has 1 aliphatic rings. The van der Waals surface area contributed by atoms with Crippen molar-refractivity contribution in [3.63, 3.8) is 0 Å². The Labute approximate surface area is 218 Å². The smallest absolute Gasteiger partial charge is 0.357 e. The quantitative estimate of drug-likeness (QED) is 0.361. The molecule has 0 spiro atoms. The summed E-state index contributed by atoms with van der Waals surface area (Å²) in [5, 5.41) is 7.96. The molecule has 1 N–H and O–H groups in total. The molecule has 4 aromatic heterocycles. The molecular formula is C25H25ClN8O3. The van der Waals surface area contributed by atoms with Crippen molar-refractivity contribution in [2.24, 2.45) is 7.05 Å². The first-order valence-corrected chi connectivity index (χ1v) is 12.2. The molecule has 0 aliphatic carbocycles. The van der Waals surface area contributed by atoms with Crippen molar-refractivity contribution in [1.29, 1.82) is 0 Å². The van der Waals surface area contributed by atoms with Gasteiger partial charge in [-0.3, -0.25) is 9.67 Å². The van der Waals surface area contributed by atoms with Crippen molar-refractivity contribution in [3.8, 4) is 22.5 Å². The van der Waals surface area contributed by atoms with E-state index in [2.05, 4.69) is 20.4 Å². The number of pyridine rings is 2. The number of hydrogen-bond donors (Lipinski definition) is 1. The van der Waals surface area contributed by atoms with Crippen molar-refractivity contribution >= 4 is 35.0 Å². The van der Waals surface area contributed by atoms with E-state index in [4.69, 9.17) is 31.0 Å². The Hall–Kier alpha value is -4.09. The van der Waals surface area contributed by atoms with Crippen LogP contribution in [-0.4, -0.2) is 68.6 Å². The normalized spacial score (nSPS) is 13.4. The number of ether oxygens (including phenoxy) is 2. The predicted octanol–water partition coefficient (Wildman–Crippen LogP) is 3.74. The third-order valence-electron chi connectivity index (χ3n) is 5.70. The standard InChI is InChI=1S/C25H25ClN8O3/c1-3-37-24(35)22-18(14-16(15-28-22)19-6-9-33(2)32-19)21-20(26)23(29-17-4-7-27-8-5-17)31-25(30-21)34-10-12-36-13-11-34/h4-9,14-15H,3,10-13H2,1-2H3,(H,27,29,30,31). The Morgan fingerprint density at radius 2 is 1.97 bits per heavy atom. The largest absolute Gasteiger partial charge is 0.461 e. The molecule has 1 saturated heterocycles. The minimum atomic E-state index is -0.573. The second-order valence-electron chi connectivity index (χ2n) is 8.21. The molecule has 1 aliphatic heterocycles. The molecule has 190 valence electrons. The molecule has 0 unspecified atom stereocenters. The van der Waals surface area contributed by atoms with Crippen LogP contribution in [-0.2, 0) is 16.5 Å². The highest BCUT2D eigenvalue weighted by atomic mass is 35.5. The van der Waals surface area contributed by atoms with Crippen LogP contribution in [0.2, 0.25) is 5.02 Å². The van der Waals surface area contributed by atoms with Crippen LogP contribution in [0.25, 0.3) is 22.5 Å². The lowest BCUT2D eigenvalue weighted by Crippen LogP contribution is -2.37. The third-order valence-corrected chi connectivity index (χ3v) is 6.06. The van der Waals surface area contributed by atoms with Gasteiger partial charge in [0.1, 0.15) is 5.02 Å². The van der Waals surface area contributed by atoms with E-state index in [1.54, 1.807) is 48.4 Å². The van der Waals surface area contributed by atoms with Crippen molar-refractivity contribution in [3.05, 3.63) is 59.8 Å². The lowest BCUT2D eigenvalue weighted by atomic mass is 10.0. The predicted molar refractivity (Wildman–Crippen MR) is 139 cm³/mol. The van der Waals surface area contributed by atoms with Gasteiger partial charge in [0.25, 0.3) is 0 Å². The van der Waals surface area contributed by atoms with Crippen LogP contribution < -0.4 is 10.2 Å². The summed E-state index contributed by atoms with van der Waals surface area (Å²) in [7, 11) is 1.83. The Morgan fingerprint density at radius 1 is 1.19 bits per heavy atom. The second-order valence-corrected chi connectivity index (χ2v) is 8.59. The molecule has 1 fully saturated rings. The number of carbonyl (C=O) groups excluding carboxylic acids is 1. The number of morpholine rings is 1. The number of aryl methyl sites for hydroxylation is 1. The average Bonchev–Trinajstić information content (AvgIpc) is 3.37. The number of anilines is 3. The SMILES string of the molecule is CCOC(=O)c1ncc(-c2ccn(C)n2)cc1-c1nc(N2CCOCC2)nc(Nc2ccncc2)c1Cl. The highest BCUT2D eigenvalue weighted by Crippen LogP contribution is 2.37. The van der Waals surface area contributed by atoms with Crippen molar-refractivity contribution in [2.45, 2.75) is 6.92 Å². The number of halogens is 1. The van der Waals surface area contributed by atoms with E-state index in [0.29, 0.717) is 60.6 Å². The number of rotatable bonds is 7. The summed E-state index contributed by atoms with van der Waals surface area (Å²) in [5.41, 5.74) is 3.02. The monoisotopic (exact) mass is 520 g/mol. The summed E-state index contributed by atoms with van der Waals surface area (Å²) in [5.74, 6) is 0.269. The third kappa shape index (κ3) is 5.37. The number of carbonyl (C=O) groups is 1. The van der Waals surface area contributed by atoms with E-state index < -0.39 is 5.97 Å². The fourth-order valence-corrected chi connectivity index (χ4v) is 4.12. The summed E-state index contributed by atoms with van der Waals surface area (Å²) in [6, 6.07) is 7.27. The number of esters is 1. The van der Waals surface area contributed by atoms with E-state index in [0.717, 1.165) is 5.69 Å². The molecule has 0 amide bonds. The van der Waals surface area contributed by atoms with E-state index in [1.807, 2.05) is 24.2 Å². The van der Waals surface area contributed by atoms with Gasteiger partial charge >= 0.3 is 5.97 Å². The zero-order valence-electron chi connectivity index (χ0n) is 20.4. The molecule has 5 heterocycles. The maximum atomic E-state index is 12.9. The summed E-state index contributed by atoms with van der Waals surface area (Å²) in [6.45, 7) is 4.29. The van der Waals surface area contributed by atoms with Crippen LogP contribution in [0.3, 0.4) is 0 Å². The summed E-state index contributed by atoms with van der Waals surface area (Å²) >= 11 is 6.91. The number of nitrogens with zero attached hydrogens (tertiary/aromatic N) is 7. The molecule has 0 aromatic carbocycles. The average molecular weight is 521 g/mol. The van der Waals surface area contributed by atoms with Gasteiger partial charge in [-0.05, 0) is 31.2 Å². The molecule has 12 heteroatoms. The first-order valence-electron chi connectivity index (χ1n) is 11.8. The fourth-order valence-electron chi connectivity index (χ4n) is 3.89. The molecule has 37 heavy (non-hydrogen) atoms. The zero-order valence-corrected chi connectivity index (χ0v) is 21.1. The summed E-state index contributed by atoms with van der Waals surface area (Å²) in [4.78, 5) is 33.0. The minimum Gasteiger partial charge on any atom is -0.461 e. The summed E-state index contributed by atoms with van der Waals surface area (Å²) < 4.78 is 12.5. The Balaban J connectivity index is 1.69. The van der Waals surface area contributed by atoms with Gasteiger partial charge in [0.15, 0.2) is 11.5 Å². The van der Waals surface area contributed by atoms with Crippen LogP contribution in [0.4, 0.5) is 17.5 Å². The van der Waals surface area contributed by atoms with Crippen LogP contribution in [0.15, 0.2) is 49.1 Å². The Kier molecular flexibility index (Phi) is 7.24. The van der Waals surface area contributed by atoms with Gasteiger partial charge in [-0.15, -0.1) is 0 Å². The molecule has 0 saturated carbocycles. The minimum absolute atomic E-state index is 0.102.